The Labute approximate surface area is 180 Å². The van der Waals surface area contributed by atoms with Gasteiger partial charge in [0.05, 0.1) is 12.2 Å². The molecule has 1 aliphatic carbocycles. The van der Waals surface area contributed by atoms with E-state index < -0.39 is 0 Å². The molecule has 0 unspecified atom stereocenters. The molecule has 0 aromatic rings. The summed E-state index contributed by atoms with van der Waals surface area (Å²) in [6.07, 6.45) is 17.1. The second-order valence-electron chi connectivity index (χ2n) is 9.59. The van der Waals surface area contributed by atoms with Gasteiger partial charge in [-0.3, -0.25) is 4.79 Å². The van der Waals surface area contributed by atoms with Crippen LogP contribution in [0, 0.1) is 5.92 Å². The number of hydrogen-bond acceptors (Lipinski definition) is 3. The minimum Gasteiger partial charge on any atom is -0.393 e. The molecule has 2 N–H and O–H groups in total. The highest BCUT2D eigenvalue weighted by molar-refractivity contribution is 5.78. The smallest absolute Gasteiger partial charge is 0.133 e. The molecular formula is C26H48O3. The van der Waals surface area contributed by atoms with Gasteiger partial charge in [0.15, 0.2) is 0 Å². The van der Waals surface area contributed by atoms with Gasteiger partial charge >= 0.3 is 0 Å². The quantitative estimate of drug-likeness (QED) is 0.216. The summed E-state index contributed by atoms with van der Waals surface area (Å²) in [5.74, 6) is 1.10. The van der Waals surface area contributed by atoms with Crippen LogP contribution in [0.4, 0.5) is 0 Å². The number of unbranched alkanes of at least 4 members (excludes halogenated alkanes) is 3. The van der Waals surface area contributed by atoms with Crippen molar-refractivity contribution in [3.63, 3.8) is 0 Å². The van der Waals surface area contributed by atoms with E-state index >= 15 is 0 Å². The van der Waals surface area contributed by atoms with Crippen molar-refractivity contribution in [2.75, 3.05) is 0 Å². The van der Waals surface area contributed by atoms with E-state index in [1.54, 1.807) is 0 Å². The van der Waals surface area contributed by atoms with E-state index in [1.165, 1.54) is 43.3 Å². The Kier molecular flexibility index (Phi) is 14.6. The largest absolute Gasteiger partial charge is 0.393 e. The minimum atomic E-state index is -0.242. The third-order valence-corrected chi connectivity index (χ3v) is 6.76. The van der Waals surface area contributed by atoms with Crippen LogP contribution >= 0.6 is 0 Å². The molecule has 1 aliphatic rings. The highest BCUT2D eigenvalue weighted by Crippen LogP contribution is 2.28. The topological polar surface area (TPSA) is 57.5 Å². The first-order valence-corrected chi connectivity index (χ1v) is 12.4. The Morgan fingerprint density at radius 3 is 2.21 bits per heavy atom. The zero-order valence-electron chi connectivity index (χ0n) is 19.6. The van der Waals surface area contributed by atoms with Crippen LogP contribution in [0.15, 0.2) is 11.1 Å². The van der Waals surface area contributed by atoms with Crippen LogP contribution in [0.25, 0.3) is 0 Å². The van der Waals surface area contributed by atoms with Crippen molar-refractivity contribution in [3.8, 4) is 0 Å². The predicted molar refractivity (Wildman–Crippen MR) is 123 cm³/mol. The van der Waals surface area contributed by atoms with Gasteiger partial charge in [-0.25, -0.2) is 0 Å². The fraction of sp³-hybridized carbons (Fsp3) is 0.885. The Morgan fingerprint density at radius 2 is 1.52 bits per heavy atom. The van der Waals surface area contributed by atoms with Crippen LogP contribution in [0.5, 0.6) is 0 Å². The van der Waals surface area contributed by atoms with Crippen molar-refractivity contribution < 1.29 is 15.0 Å². The van der Waals surface area contributed by atoms with Crippen LogP contribution < -0.4 is 0 Å². The second-order valence-corrected chi connectivity index (χ2v) is 9.59. The summed E-state index contributed by atoms with van der Waals surface area (Å²) in [6.45, 7) is 6.34. The lowest BCUT2D eigenvalue weighted by Gasteiger charge is -2.23. The molecule has 0 heterocycles. The molecule has 0 aromatic carbocycles. The van der Waals surface area contributed by atoms with E-state index in [0.29, 0.717) is 18.6 Å². The van der Waals surface area contributed by atoms with Gasteiger partial charge in [0.1, 0.15) is 5.78 Å². The van der Waals surface area contributed by atoms with Gasteiger partial charge < -0.3 is 10.2 Å². The minimum absolute atomic E-state index is 0.141. The molecular weight excluding hydrogens is 360 g/mol. The molecule has 3 heteroatoms. The standard InChI is InChI=1S/C26H48O3/c1-4-5-14-25(28)19-22(3)21(2)17-18-24(27)15-10-7-11-16-26(29)20-23-12-8-6-9-13-23/h23,25-26,28-29H,4-20H2,1-3H3/b22-21+/t25-,26-/m0/s1. The van der Waals surface area contributed by atoms with Gasteiger partial charge in [-0.15, -0.1) is 0 Å². The van der Waals surface area contributed by atoms with Crippen LogP contribution in [0.1, 0.15) is 130 Å². The van der Waals surface area contributed by atoms with Gasteiger partial charge in [0.25, 0.3) is 0 Å². The summed E-state index contributed by atoms with van der Waals surface area (Å²) in [5.41, 5.74) is 2.51. The van der Waals surface area contributed by atoms with Crippen molar-refractivity contribution in [1.29, 1.82) is 0 Å². The molecule has 0 spiro atoms. The zero-order chi connectivity index (χ0) is 21.5. The van der Waals surface area contributed by atoms with Crippen molar-refractivity contribution in [2.45, 2.75) is 142 Å². The van der Waals surface area contributed by atoms with Gasteiger partial charge in [0.2, 0.25) is 0 Å². The normalized spacial score (nSPS) is 18.4. The van der Waals surface area contributed by atoms with E-state index in [9.17, 15) is 15.0 Å². The number of aliphatic hydroxyl groups is 2. The molecule has 170 valence electrons. The number of carbonyl (C=O) groups is 1. The fourth-order valence-corrected chi connectivity index (χ4v) is 4.54. The Balaban J connectivity index is 2.08. The average Bonchev–Trinajstić information content (AvgIpc) is 2.70. The van der Waals surface area contributed by atoms with Crippen LogP contribution in [-0.2, 0) is 4.79 Å². The monoisotopic (exact) mass is 408 g/mol. The van der Waals surface area contributed by atoms with Crippen molar-refractivity contribution in [2.24, 2.45) is 5.92 Å². The van der Waals surface area contributed by atoms with E-state index in [1.807, 2.05) is 0 Å². The molecule has 1 fully saturated rings. The Hall–Kier alpha value is -0.670. The predicted octanol–water partition coefficient (Wildman–Crippen LogP) is 6.90. The van der Waals surface area contributed by atoms with Crippen molar-refractivity contribution >= 4 is 5.78 Å². The molecule has 0 saturated heterocycles. The lowest BCUT2D eigenvalue weighted by atomic mass is 9.84. The number of rotatable bonds is 16. The maximum atomic E-state index is 12.2. The van der Waals surface area contributed by atoms with Gasteiger partial charge in [-0.05, 0) is 58.3 Å². The summed E-state index contributed by atoms with van der Waals surface area (Å²) >= 11 is 0. The van der Waals surface area contributed by atoms with Gasteiger partial charge in [0, 0.05) is 12.8 Å². The summed E-state index contributed by atoms with van der Waals surface area (Å²) in [4.78, 5) is 12.2. The van der Waals surface area contributed by atoms with Crippen molar-refractivity contribution in [1.82, 2.24) is 0 Å². The highest BCUT2D eigenvalue weighted by Gasteiger charge is 2.17. The first-order chi connectivity index (χ1) is 13.9. The van der Waals surface area contributed by atoms with Crippen molar-refractivity contribution in [3.05, 3.63) is 11.1 Å². The first-order valence-electron chi connectivity index (χ1n) is 12.4. The summed E-state index contributed by atoms with van der Waals surface area (Å²) < 4.78 is 0. The summed E-state index contributed by atoms with van der Waals surface area (Å²) in [6, 6.07) is 0. The Morgan fingerprint density at radius 1 is 0.828 bits per heavy atom. The molecule has 0 amide bonds. The second kappa shape index (κ2) is 16.1. The zero-order valence-corrected chi connectivity index (χ0v) is 19.6. The molecule has 3 nitrogen and oxygen atoms in total. The Bertz CT molecular complexity index is 463. The molecule has 0 aromatic heterocycles. The number of aliphatic hydroxyl groups excluding tert-OH is 2. The highest BCUT2D eigenvalue weighted by atomic mass is 16.3. The number of hydrogen-bond donors (Lipinski definition) is 2. The van der Waals surface area contributed by atoms with Crippen LogP contribution in [0.2, 0.25) is 0 Å². The number of ketones is 1. The molecule has 2 atom stereocenters. The molecule has 1 rings (SSSR count). The third kappa shape index (κ3) is 13.3. The third-order valence-electron chi connectivity index (χ3n) is 6.76. The summed E-state index contributed by atoms with van der Waals surface area (Å²) in [5, 5.41) is 20.3. The van der Waals surface area contributed by atoms with E-state index in [4.69, 9.17) is 0 Å². The lowest BCUT2D eigenvalue weighted by Crippen LogP contribution is -2.16. The number of carbonyl (C=O) groups excluding carboxylic acids is 1. The SMILES string of the molecule is CCCC[C@H](O)C/C(C)=C(\C)CCC(=O)CCCCC[C@H](O)CC1CCCCC1. The van der Waals surface area contributed by atoms with E-state index in [0.717, 1.165) is 70.1 Å². The van der Waals surface area contributed by atoms with Gasteiger partial charge in [-0.2, -0.15) is 0 Å². The van der Waals surface area contributed by atoms with Crippen LogP contribution in [-0.4, -0.2) is 28.2 Å². The average molecular weight is 409 g/mol. The lowest BCUT2D eigenvalue weighted by molar-refractivity contribution is -0.119. The van der Waals surface area contributed by atoms with E-state index in [2.05, 4.69) is 20.8 Å². The molecule has 1 saturated carbocycles. The van der Waals surface area contributed by atoms with Gasteiger partial charge in [-0.1, -0.05) is 75.9 Å². The maximum absolute atomic E-state index is 12.2. The fourth-order valence-electron chi connectivity index (χ4n) is 4.54. The summed E-state index contributed by atoms with van der Waals surface area (Å²) in [7, 11) is 0. The molecule has 0 bridgehead atoms. The van der Waals surface area contributed by atoms with E-state index in [-0.39, 0.29) is 12.2 Å². The number of Topliss-reactive ketones (excluding diaryl/α,β-unsaturated/α-hetero) is 1. The van der Waals surface area contributed by atoms with Crippen LogP contribution in [0.3, 0.4) is 0 Å². The molecule has 0 aliphatic heterocycles. The number of allylic oxidation sites excluding steroid dienone is 1. The molecule has 0 radical (unpaired) electrons. The maximum Gasteiger partial charge on any atom is 0.133 e. The first kappa shape index (κ1) is 26.4. The molecule has 29 heavy (non-hydrogen) atoms.